The average molecular weight is 291 g/mol. The van der Waals surface area contributed by atoms with Gasteiger partial charge in [0, 0.05) is 19.6 Å². The summed E-state index contributed by atoms with van der Waals surface area (Å²) in [7, 11) is 0. The highest BCUT2D eigenvalue weighted by molar-refractivity contribution is 5.29. The van der Waals surface area contributed by atoms with Crippen molar-refractivity contribution in [1.82, 2.24) is 4.90 Å². The zero-order valence-electron chi connectivity index (χ0n) is 14.7. The predicted octanol–water partition coefficient (Wildman–Crippen LogP) is 4.34. The van der Waals surface area contributed by atoms with Crippen LogP contribution in [0.15, 0.2) is 18.2 Å². The van der Waals surface area contributed by atoms with Crippen molar-refractivity contribution in [3.05, 3.63) is 34.9 Å². The molecule has 0 aliphatic heterocycles. The topological polar surface area (TPSA) is 23.5 Å². The molecular weight excluding hydrogens is 258 g/mol. The lowest BCUT2D eigenvalue weighted by atomic mass is 10.0. The first-order valence-corrected chi connectivity index (χ1v) is 8.26. The summed E-state index contributed by atoms with van der Waals surface area (Å²) in [6, 6.07) is 6.36. The van der Waals surface area contributed by atoms with Gasteiger partial charge in [-0.15, -0.1) is 0 Å². The van der Waals surface area contributed by atoms with E-state index in [9.17, 15) is 5.11 Å². The Balaban J connectivity index is 2.61. The third-order valence-electron chi connectivity index (χ3n) is 3.59. The van der Waals surface area contributed by atoms with Crippen LogP contribution in [0.2, 0.25) is 0 Å². The molecule has 0 amide bonds. The number of rotatable bonds is 8. The highest BCUT2D eigenvalue weighted by atomic mass is 16.3. The summed E-state index contributed by atoms with van der Waals surface area (Å²) in [4.78, 5) is 2.49. The number of aliphatic hydroxyl groups excluding tert-OH is 1. The molecule has 1 N–H and O–H groups in total. The molecule has 2 nitrogen and oxygen atoms in total. The van der Waals surface area contributed by atoms with Crippen LogP contribution < -0.4 is 0 Å². The second-order valence-corrected chi connectivity index (χ2v) is 7.27. The van der Waals surface area contributed by atoms with Crippen LogP contribution in [0.5, 0.6) is 0 Å². The maximum atomic E-state index is 10.5. The molecule has 0 aliphatic rings. The van der Waals surface area contributed by atoms with E-state index in [0.717, 1.165) is 31.6 Å². The minimum absolute atomic E-state index is 0.356. The van der Waals surface area contributed by atoms with Gasteiger partial charge in [-0.3, -0.25) is 0 Å². The number of aliphatic hydroxyl groups is 1. The van der Waals surface area contributed by atoms with Crippen LogP contribution in [0.3, 0.4) is 0 Å². The van der Waals surface area contributed by atoms with Crippen LogP contribution in [-0.2, 0) is 0 Å². The van der Waals surface area contributed by atoms with Gasteiger partial charge in [-0.1, -0.05) is 57.0 Å². The third kappa shape index (κ3) is 7.10. The lowest BCUT2D eigenvalue weighted by molar-refractivity contribution is 0.131. The summed E-state index contributed by atoms with van der Waals surface area (Å²) in [6.45, 7) is 16.4. The highest BCUT2D eigenvalue weighted by Gasteiger charge is 2.14. The summed E-state index contributed by atoms with van der Waals surface area (Å²) >= 11 is 0. The molecule has 21 heavy (non-hydrogen) atoms. The van der Waals surface area contributed by atoms with Gasteiger partial charge < -0.3 is 10.0 Å². The molecular formula is C19H33NO. The fourth-order valence-electron chi connectivity index (χ4n) is 2.96. The first-order chi connectivity index (χ1) is 9.77. The quantitative estimate of drug-likeness (QED) is 0.770. The maximum absolute atomic E-state index is 10.5. The van der Waals surface area contributed by atoms with Crippen molar-refractivity contribution >= 4 is 0 Å². The molecule has 0 radical (unpaired) electrons. The van der Waals surface area contributed by atoms with Crippen LogP contribution in [0, 0.1) is 25.7 Å². The monoisotopic (exact) mass is 291 g/mol. The Morgan fingerprint density at radius 2 is 1.38 bits per heavy atom. The Hall–Kier alpha value is -0.860. The smallest absolute Gasteiger partial charge is 0.0802 e. The third-order valence-corrected chi connectivity index (χ3v) is 3.59. The van der Waals surface area contributed by atoms with Gasteiger partial charge in [-0.2, -0.15) is 0 Å². The van der Waals surface area contributed by atoms with E-state index in [1.165, 1.54) is 11.1 Å². The molecule has 1 atom stereocenters. The first kappa shape index (κ1) is 18.2. The molecule has 1 unspecified atom stereocenters. The van der Waals surface area contributed by atoms with Gasteiger partial charge in [0.2, 0.25) is 0 Å². The zero-order chi connectivity index (χ0) is 16.0. The van der Waals surface area contributed by atoms with E-state index >= 15 is 0 Å². The minimum atomic E-state index is -0.356. The molecule has 1 aromatic carbocycles. The zero-order valence-corrected chi connectivity index (χ0v) is 14.7. The van der Waals surface area contributed by atoms with E-state index in [1.807, 2.05) is 0 Å². The Kier molecular flexibility index (Phi) is 7.41. The van der Waals surface area contributed by atoms with Gasteiger partial charge in [0.1, 0.15) is 0 Å². The average Bonchev–Trinajstić information content (AvgIpc) is 2.32. The molecule has 0 saturated heterocycles. The molecule has 0 bridgehead atoms. The fraction of sp³-hybridized carbons (Fsp3) is 0.684. The van der Waals surface area contributed by atoms with Crippen molar-refractivity contribution in [2.45, 2.75) is 54.1 Å². The number of benzene rings is 1. The molecule has 1 rings (SSSR count). The standard InChI is InChI=1S/C19H33NO/c1-14(2)12-20(13-15(3)4)8-7-19(21)18-10-16(5)9-17(6)11-18/h9-11,14-15,19,21H,7-8,12-13H2,1-6H3. The molecule has 0 heterocycles. The van der Waals surface area contributed by atoms with E-state index in [4.69, 9.17) is 0 Å². The normalized spacial score (nSPS) is 13.4. The predicted molar refractivity (Wildman–Crippen MR) is 91.6 cm³/mol. The molecule has 0 saturated carbocycles. The number of nitrogens with zero attached hydrogens (tertiary/aromatic N) is 1. The largest absolute Gasteiger partial charge is 0.388 e. The second-order valence-electron chi connectivity index (χ2n) is 7.27. The Labute approximate surface area is 131 Å². The van der Waals surface area contributed by atoms with Gasteiger partial charge in [-0.25, -0.2) is 0 Å². The number of aryl methyl sites for hydroxylation is 2. The van der Waals surface area contributed by atoms with Crippen molar-refractivity contribution in [2.75, 3.05) is 19.6 Å². The first-order valence-electron chi connectivity index (χ1n) is 8.26. The van der Waals surface area contributed by atoms with E-state index in [2.05, 4.69) is 64.6 Å². The van der Waals surface area contributed by atoms with Crippen LogP contribution in [0.1, 0.15) is 56.9 Å². The summed E-state index contributed by atoms with van der Waals surface area (Å²) in [5.74, 6) is 1.34. The van der Waals surface area contributed by atoms with Crippen molar-refractivity contribution in [1.29, 1.82) is 0 Å². The molecule has 0 spiro atoms. The van der Waals surface area contributed by atoms with E-state index in [-0.39, 0.29) is 6.10 Å². The van der Waals surface area contributed by atoms with Crippen molar-refractivity contribution in [2.24, 2.45) is 11.8 Å². The van der Waals surface area contributed by atoms with Crippen LogP contribution in [-0.4, -0.2) is 29.6 Å². The van der Waals surface area contributed by atoms with E-state index < -0.39 is 0 Å². The van der Waals surface area contributed by atoms with Gasteiger partial charge in [-0.05, 0) is 37.7 Å². The molecule has 0 aromatic heterocycles. The van der Waals surface area contributed by atoms with Crippen LogP contribution in [0.4, 0.5) is 0 Å². The fourth-order valence-corrected chi connectivity index (χ4v) is 2.96. The lowest BCUT2D eigenvalue weighted by Crippen LogP contribution is -2.33. The van der Waals surface area contributed by atoms with Gasteiger partial charge in [0.05, 0.1) is 6.10 Å². The summed E-state index contributed by atoms with van der Waals surface area (Å²) in [6.07, 6.45) is 0.452. The maximum Gasteiger partial charge on any atom is 0.0802 e. The van der Waals surface area contributed by atoms with E-state index in [0.29, 0.717) is 11.8 Å². The summed E-state index contributed by atoms with van der Waals surface area (Å²) in [5.41, 5.74) is 3.51. The number of hydrogen-bond donors (Lipinski definition) is 1. The minimum Gasteiger partial charge on any atom is -0.388 e. The van der Waals surface area contributed by atoms with Gasteiger partial charge in [0.25, 0.3) is 0 Å². The molecule has 1 aromatic rings. The molecule has 0 fully saturated rings. The Morgan fingerprint density at radius 1 is 0.905 bits per heavy atom. The van der Waals surface area contributed by atoms with Crippen molar-refractivity contribution in [3.63, 3.8) is 0 Å². The molecule has 0 aliphatic carbocycles. The Bertz CT molecular complexity index is 395. The summed E-state index contributed by atoms with van der Waals surface area (Å²) in [5, 5.41) is 10.5. The van der Waals surface area contributed by atoms with E-state index in [1.54, 1.807) is 0 Å². The van der Waals surface area contributed by atoms with Crippen molar-refractivity contribution < 1.29 is 5.11 Å². The molecule has 120 valence electrons. The van der Waals surface area contributed by atoms with Crippen LogP contribution >= 0.6 is 0 Å². The summed E-state index contributed by atoms with van der Waals surface area (Å²) < 4.78 is 0. The number of hydrogen-bond acceptors (Lipinski definition) is 2. The second kappa shape index (κ2) is 8.55. The van der Waals surface area contributed by atoms with Crippen LogP contribution in [0.25, 0.3) is 0 Å². The van der Waals surface area contributed by atoms with Gasteiger partial charge >= 0.3 is 0 Å². The lowest BCUT2D eigenvalue weighted by Gasteiger charge is -2.27. The highest BCUT2D eigenvalue weighted by Crippen LogP contribution is 2.20. The van der Waals surface area contributed by atoms with Crippen molar-refractivity contribution in [3.8, 4) is 0 Å². The SMILES string of the molecule is Cc1cc(C)cc(C(O)CCN(CC(C)C)CC(C)C)c1. The molecule has 2 heteroatoms. The Morgan fingerprint density at radius 3 is 1.81 bits per heavy atom. The van der Waals surface area contributed by atoms with Gasteiger partial charge in [0.15, 0.2) is 0 Å².